The number of ether oxygens (including phenoxy) is 2. The number of nitrogen functional groups attached to an aromatic ring is 6. The molecule has 8 aromatic heterocycles. The summed E-state index contributed by atoms with van der Waals surface area (Å²) in [6.07, 6.45) is 7.51. The lowest BCUT2D eigenvalue weighted by molar-refractivity contribution is -0.142. The summed E-state index contributed by atoms with van der Waals surface area (Å²) < 4.78 is 27.2. The van der Waals surface area contributed by atoms with E-state index in [1.807, 2.05) is 54.0 Å². The van der Waals surface area contributed by atoms with Gasteiger partial charge in [-0.2, -0.15) is 0 Å². The first-order valence-electron chi connectivity index (χ1n) is 38.6. The molecule has 14 N–H and O–H groups in total. The lowest BCUT2D eigenvalue weighted by atomic mass is 10.1. The molecule has 15 rings (SSSR count). The monoisotopic (exact) mass is 1880 g/mol. The van der Waals surface area contributed by atoms with Gasteiger partial charge in [0.1, 0.15) is 11.2 Å². The highest BCUT2D eigenvalue weighted by Crippen LogP contribution is 2.34. The first kappa shape index (κ1) is 94.2. The molecule has 0 atom stereocenters. The molecule has 42 heteroatoms. The number of benzene rings is 7. The molecule has 5 amide bonds. The van der Waals surface area contributed by atoms with Crippen molar-refractivity contribution < 1.29 is 61.4 Å². The minimum absolute atomic E-state index is 0.00824. The number of nitrogens with zero attached hydrogens (tertiary/aromatic N) is 20. The SMILES string of the molecule is CC(=O)OCc1ccc(-c2nnc(-c3nc(-c4ccc(C(=O)N(C)C)cc4)cnc3N)o2)cc1.CN(C)C(=O)c1ccc(-c2cnc(N)c(-c3nnc(-c4ccc(CBr)cc4)o3)n2)cc1.CN(C)C(=O)c1ccc(-c2cnc(N)c(-c3nnc(-c4ccc(CO)cc4)o3)n2)cc1.CN(C)C(=O)c1ccc(-c2cnc(N)c(C(=O)NN)n2)cc1.COC(=O)c1nc(Br)cnc1N. The van der Waals surface area contributed by atoms with E-state index in [2.05, 4.69) is 117 Å². The highest BCUT2D eigenvalue weighted by Gasteiger charge is 2.24. The maximum atomic E-state index is 12.1. The zero-order valence-electron chi connectivity index (χ0n) is 71.2. The predicted molar refractivity (Wildman–Crippen MR) is 487 cm³/mol. The summed E-state index contributed by atoms with van der Waals surface area (Å²) in [4.78, 5) is 130. The van der Waals surface area contributed by atoms with Gasteiger partial charge in [-0.3, -0.25) is 34.2 Å². The zero-order chi connectivity index (χ0) is 93.6. The van der Waals surface area contributed by atoms with Gasteiger partial charge in [-0.05, 0) is 118 Å². The number of hydrazine groups is 1. The third kappa shape index (κ3) is 23.9. The van der Waals surface area contributed by atoms with Crippen LogP contribution in [0.2, 0.25) is 0 Å². The molecule has 0 bridgehead atoms. The average molecular weight is 1890 g/mol. The number of nitrogens with one attached hydrogen (secondary N) is 1. The molecule has 7 aromatic carbocycles. The summed E-state index contributed by atoms with van der Waals surface area (Å²) in [5.41, 5.74) is 44.2. The van der Waals surface area contributed by atoms with E-state index in [4.69, 9.17) is 57.6 Å². The fraction of sp³-hybridized carbons (Fsp3) is 0.148. The van der Waals surface area contributed by atoms with Crippen molar-refractivity contribution in [3.05, 3.63) is 256 Å². The number of aromatic nitrogens is 16. The van der Waals surface area contributed by atoms with Gasteiger partial charge in [0, 0.05) is 130 Å². The van der Waals surface area contributed by atoms with Crippen LogP contribution in [0.1, 0.15) is 86.0 Å². The maximum Gasteiger partial charge on any atom is 0.360 e. The standard InChI is InChI=1S/C24H22N6O4.C22H19BrN6O2.C22H20N6O3.C14H16N6O2.C6H6BrN3O2/c1-14(31)33-13-15-4-6-17(7-5-15)22-28-29-23(34-22)20-21(25)26-12-19(27-20)16-8-10-18(11-9-16)24(32)30(2)3;1-29(2)22(30)16-9-7-14(8-10-16)17-12-25-19(24)18(26-17)21-28-27-20(31-21)15-5-3-13(11-23)4-6-15;1-28(2)22(30)16-9-7-14(8-10-16)17-11-24-19(23)18(25-17)21-27-26-20(31-21)15-5-3-13(12-29)4-6-15;1-20(2)14(22)9-5-3-8(4-6-9)10-7-17-12(15)11(18-10)13(21)19-16;1-12-6(11)4-5(8)9-2-3(7)10-4/h4-12H,13H2,1-3H3,(H2,25,26);3-10,12H,11H2,1-2H3,(H2,24,25);3-11,29H,12H2,1-2H3,(H2,23,24);3-7H,16H2,1-2H3,(H2,15,17)(H,19,21);2H,1H3,(H2,8,9). The van der Waals surface area contributed by atoms with Gasteiger partial charge in [-0.25, -0.2) is 60.5 Å². The van der Waals surface area contributed by atoms with E-state index in [0.29, 0.717) is 83.8 Å². The summed E-state index contributed by atoms with van der Waals surface area (Å²) >= 11 is 6.48. The van der Waals surface area contributed by atoms with Crippen LogP contribution in [0.4, 0.5) is 29.1 Å². The summed E-state index contributed by atoms with van der Waals surface area (Å²) in [5.74, 6) is 5.15. The second-order valence-electron chi connectivity index (χ2n) is 28.4. The molecule has 15 aromatic rings. The number of halogens is 2. The van der Waals surface area contributed by atoms with Gasteiger partial charge in [0.25, 0.3) is 47.2 Å². The van der Waals surface area contributed by atoms with E-state index in [1.54, 1.807) is 196 Å². The minimum Gasteiger partial charge on any atom is -0.464 e. The third-order valence-electron chi connectivity index (χ3n) is 18.3. The maximum absolute atomic E-state index is 12.1. The molecule has 0 radical (unpaired) electrons. The lowest BCUT2D eigenvalue weighted by Gasteiger charge is -2.10. The molecular weight excluding hydrogens is 1800 g/mol. The second kappa shape index (κ2) is 43.4. The van der Waals surface area contributed by atoms with Crippen molar-refractivity contribution in [3.63, 3.8) is 0 Å². The predicted octanol–water partition coefficient (Wildman–Crippen LogP) is 10.5. The van der Waals surface area contributed by atoms with E-state index in [9.17, 15) is 33.6 Å². The minimum atomic E-state index is -0.619. The second-order valence-corrected chi connectivity index (χ2v) is 29.7. The fourth-order valence-electron chi connectivity index (χ4n) is 11.4. The molecule has 0 aliphatic heterocycles. The summed E-state index contributed by atoms with van der Waals surface area (Å²) in [6.45, 7) is 1.51. The van der Waals surface area contributed by atoms with E-state index < -0.39 is 11.9 Å². The third-order valence-corrected chi connectivity index (χ3v) is 19.3. The molecule has 8 heterocycles. The van der Waals surface area contributed by atoms with Gasteiger partial charge in [0.2, 0.25) is 17.7 Å². The van der Waals surface area contributed by atoms with Gasteiger partial charge in [0.15, 0.2) is 57.6 Å². The van der Waals surface area contributed by atoms with Crippen molar-refractivity contribution in [2.24, 2.45) is 5.84 Å². The van der Waals surface area contributed by atoms with E-state index >= 15 is 0 Å². The number of nitrogens with two attached hydrogens (primary N) is 6. The lowest BCUT2D eigenvalue weighted by Crippen LogP contribution is -2.31. The Bertz CT molecular complexity index is 6350. The molecule has 40 nitrogen and oxygen atoms in total. The topological polar surface area (TPSA) is 585 Å². The Morgan fingerprint density at radius 2 is 0.662 bits per heavy atom. The van der Waals surface area contributed by atoms with Gasteiger partial charge < -0.3 is 76.1 Å². The summed E-state index contributed by atoms with van der Waals surface area (Å²) in [5, 5.41) is 34.4. The number of aliphatic hydroxyl groups is 1. The summed E-state index contributed by atoms with van der Waals surface area (Å²) in [7, 11) is 14.8. The number of anilines is 5. The molecule has 0 saturated heterocycles. The molecular formula is C88H83Br2N27O13. The Morgan fingerprint density at radius 1 is 0.377 bits per heavy atom. The first-order valence-corrected chi connectivity index (χ1v) is 40.5. The molecule has 130 heavy (non-hydrogen) atoms. The van der Waals surface area contributed by atoms with E-state index in [-0.39, 0.29) is 118 Å². The van der Waals surface area contributed by atoms with Crippen LogP contribution in [0.15, 0.2) is 219 Å². The highest BCUT2D eigenvalue weighted by atomic mass is 79.9. The Labute approximate surface area is 758 Å². The van der Waals surface area contributed by atoms with Crippen LogP contribution in [0.25, 0.3) is 114 Å². The average Bonchev–Trinajstić information content (AvgIpc) is 1.66. The number of hydrogen-bond donors (Lipinski definition) is 8. The van der Waals surface area contributed by atoms with Crippen LogP contribution < -0.4 is 39.9 Å². The van der Waals surface area contributed by atoms with Crippen molar-refractivity contribution in [3.8, 4) is 114 Å². The Kier molecular flexibility index (Phi) is 31.5. The highest BCUT2D eigenvalue weighted by molar-refractivity contribution is 9.10. The number of rotatable bonds is 20. The van der Waals surface area contributed by atoms with Crippen molar-refractivity contribution in [2.75, 3.05) is 92.2 Å². The Morgan fingerprint density at radius 3 is 0.962 bits per heavy atom. The van der Waals surface area contributed by atoms with Gasteiger partial charge in [0.05, 0.1) is 67.5 Å². The Balaban J connectivity index is 0.000000162. The number of esters is 2. The van der Waals surface area contributed by atoms with Crippen LogP contribution in [0.5, 0.6) is 0 Å². The molecule has 0 spiro atoms. The van der Waals surface area contributed by atoms with Crippen LogP contribution in [0.3, 0.4) is 0 Å². The number of hydrogen-bond acceptors (Lipinski definition) is 35. The number of amides is 5. The van der Waals surface area contributed by atoms with E-state index in [0.717, 1.165) is 44.3 Å². The quantitative estimate of drug-likeness (QED) is 0.0115. The smallest absolute Gasteiger partial charge is 0.360 e. The molecule has 0 fully saturated rings. The van der Waals surface area contributed by atoms with Gasteiger partial charge >= 0.3 is 11.9 Å². The van der Waals surface area contributed by atoms with Gasteiger partial charge in [-0.15, -0.1) is 30.6 Å². The zero-order valence-corrected chi connectivity index (χ0v) is 74.4. The van der Waals surface area contributed by atoms with Gasteiger partial charge in [-0.1, -0.05) is 101 Å². The van der Waals surface area contributed by atoms with E-state index in [1.165, 1.54) is 46.0 Å². The number of aliphatic hydroxyl groups excluding tert-OH is 1. The van der Waals surface area contributed by atoms with Crippen molar-refractivity contribution in [1.82, 2.24) is 105 Å². The normalized spacial score (nSPS) is 10.5. The number of carbonyl (C=O) groups is 7. The number of alkyl halides is 1. The number of carbonyl (C=O) groups excluding carboxylic acids is 7. The van der Waals surface area contributed by atoms with Crippen molar-refractivity contribution in [2.45, 2.75) is 25.5 Å². The largest absolute Gasteiger partial charge is 0.464 e. The fourth-order valence-corrected chi connectivity index (χ4v) is 12.0. The van der Waals surface area contributed by atoms with Crippen LogP contribution >= 0.6 is 31.9 Å². The van der Waals surface area contributed by atoms with Crippen molar-refractivity contribution >= 4 is 102 Å². The van der Waals surface area contributed by atoms with Crippen molar-refractivity contribution in [1.29, 1.82) is 0 Å². The molecule has 0 aliphatic rings. The molecule has 0 unspecified atom stereocenters. The molecule has 0 aliphatic carbocycles. The summed E-state index contributed by atoms with van der Waals surface area (Å²) in [6, 6.07) is 50.1. The van der Waals surface area contributed by atoms with Crippen LogP contribution in [-0.4, -0.2) is 210 Å². The molecule has 0 saturated carbocycles. The Hall–Kier alpha value is -16.5. The van der Waals surface area contributed by atoms with Crippen LogP contribution in [0, 0.1) is 0 Å². The first-order chi connectivity index (χ1) is 62.3. The molecule has 662 valence electrons. The number of methoxy groups -OCH3 is 1. The van der Waals surface area contributed by atoms with Crippen LogP contribution in [-0.2, 0) is 32.8 Å².